The maximum absolute atomic E-state index is 11.0. The van der Waals surface area contributed by atoms with E-state index in [9.17, 15) is 10.2 Å². The molecule has 2 atom stereocenters. The number of aliphatic hydroxyl groups excluding tert-OH is 2. The highest BCUT2D eigenvalue weighted by molar-refractivity contribution is 6.06. The molecule has 4 aromatic rings. The van der Waals surface area contributed by atoms with Crippen molar-refractivity contribution in [3.8, 4) is 22.4 Å². The van der Waals surface area contributed by atoms with Gasteiger partial charge in [0, 0.05) is 23.5 Å². The molecule has 0 saturated heterocycles. The SMILES string of the molecule is CC[C@H](CO)NC[C@H](O)Cn1c(-c2ccccc2)c(-c2ccccc2)c2cc(C)cc(C)c21. The zero-order chi connectivity index (χ0) is 23.4. The second kappa shape index (κ2) is 10.3. The molecule has 4 rings (SSSR count). The number of rotatable bonds is 9. The zero-order valence-corrected chi connectivity index (χ0v) is 19.8. The predicted molar refractivity (Wildman–Crippen MR) is 137 cm³/mol. The van der Waals surface area contributed by atoms with E-state index in [-0.39, 0.29) is 12.6 Å². The number of nitrogens with one attached hydrogen (secondary N) is 1. The first kappa shape index (κ1) is 23.2. The van der Waals surface area contributed by atoms with Crippen LogP contribution < -0.4 is 5.32 Å². The highest BCUT2D eigenvalue weighted by Gasteiger charge is 2.23. The minimum Gasteiger partial charge on any atom is -0.395 e. The second-order valence-corrected chi connectivity index (χ2v) is 8.89. The fourth-order valence-corrected chi connectivity index (χ4v) is 4.77. The number of nitrogens with zero attached hydrogens (tertiary/aromatic N) is 1. The Morgan fingerprint density at radius 1 is 0.909 bits per heavy atom. The molecule has 3 N–H and O–H groups in total. The van der Waals surface area contributed by atoms with Gasteiger partial charge < -0.3 is 20.1 Å². The summed E-state index contributed by atoms with van der Waals surface area (Å²) in [5.74, 6) is 0. The van der Waals surface area contributed by atoms with Gasteiger partial charge in [-0.3, -0.25) is 0 Å². The second-order valence-electron chi connectivity index (χ2n) is 8.89. The van der Waals surface area contributed by atoms with E-state index in [0.29, 0.717) is 13.1 Å². The van der Waals surface area contributed by atoms with Crippen LogP contribution in [0.1, 0.15) is 24.5 Å². The minimum atomic E-state index is -0.590. The van der Waals surface area contributed by atoms with Gasteiger partial charge in [-0.1, -0.05) is 79.2 Å². The molecular weight excluding hydrogens is 408 g/mol. The lowest BCUT2D eigenvalue weighted by atomic mass is 9.97. The van der Waals surface area contributed by atoms with E-state index >= 15 is 0 Å². The maximum atomic E-state index is 11.0. The Labute approximate surface area is 196 Å². The van der Waals surface area contributed by atoms with E-state index in [1.54, 1.807) is 0 Å². The molecule has 0 spiro atoms. The van der Waals surface area contributed by atoms with Crippen molar-refractivity contribution >= 4 is 10.9 Å². The molecule has 1 aromatic heterocycles. The van der Waals surface area contributed by atoms with Gasteiger partial charge in [0.2, 0.25) is 0 Å². The lowest BCUT2D eigenvalue weighted by molar-refractivity contribution is 0.140. The predicted octanol–water partition coefficient (Wildman–Crippen LogP) is 5.31. The number of hydrogen-bond acceptors (Lipinski definition) is 3. The van der Waals surface area contributed by atoms with Crippen LogP contribution in [0, 0.1) is 13.8 Å². The Balaban J connectivity index is 1.91. The molecule has 0 radical (unpaired) electrons. The molecule has 0 unspecified atom stereocenters. The molecule has 0 aliphatic carbocycles. The van der Waals surface area contributed by atoms with Crippen molar-refractivity contribution in [1.29, 1.82) is 0 Å². The van der Waals surface area contributed by atoms with Gasteiger partial charge in [-0.15, -0.1) is 0 Å². The molecule has 0 aliphatic heterocycles. The molecule has 4 nitrogen and oxygen atoms in total. The number of aliphatic hydroxyl groups is 2. The van der Waals surface area contributed by atoms with Crippen molar-refractivity contribution in [2.45, 2.75) is 45.9 Å². The standard InChI is InChI=1S/C29H34N2O2/c1-4-24(19-32)30-17-25(33)18-31-28-21(3)15-20(2)16-26(28)27(22-11-7-5-8-12-22)29(31)23-13-9-6-10-14-23/h5-16,24-25,30,32-33H,4,17-19H2,1-3H3/t24-,25+/m1/s1. The Bertz CT molecular complexity index is 1200. The summed E-state index contributed by atoms with van der Waals surface area (Å²) < 4.78 is 2.29. The van der Waals surface area contributed by atoms with Gasteiger partial charge in [0.15, 0.2) is 0 Å². The fraction of sp³-hybridized carbons (Fsp3) is 0.310. The molecule has 172 valence electrons. The molecule has 0 fully saturated rings. The average Bonchev–Trinajstić information content (AvgIpc) is 3.14. The third-order valence-corrected chi connectivity index (χ3v) is 6.35. The summed E-state index contributed by atoms with van der Waals surface area (Å²) in [5.41, 5.74) is 8.21. The van der Waals surface area contributed by atoms with Gasteiger partial charge in [0.1, 0.15) is 0 Å². The van der Waals surface area contributed by atoms with Gasteiger partial charge in [-0.2, -0.15) is 0 Å². The van der Waals surface area contributed by atoms with Crippen LogP contribution in [0.3, 0.4) is 0 Å². The minimum absolute atomic E-state index is 0.00100. The van der Waals surface area contributed by atoms with E-state index in [2.05, 4.69) is 84.4 Å². The molecule has 1 heterocycles. The quantitative estimate of drug-likeness (QED) is 0.329. The highest BCUT2D eigenvalue weighted by atomic mass is 16.3. The van der Waals surface area contributed by atoms with Crippen molar-refractivity contribution in [2.75, 3.05) is 13.2 Å². The lowest BCUT2D eigenvalue weighted by Gasteiger charge is -2.20. The molecule has 0 aliphatic rings. The lowest BCUT2D eigenvalue weighted by Crippen LogP contribution is -2.39. The molecule has 33 heavy (non-hydrogen) atoms. The van der Waals surface area contributed by atoms with Crippen LogP contribution in [0.25, 0.3) is 33.3 Å². The Kier molecular flexibility index (Phi) is 7.29. The van der Waals surface area contributed by atoms with Crippen LogP contribution in [0.5, 0.6) is 0 Å². The van der Waals surface area contributed by atoms with E-state index in [1.807, 2.05) is 19.1 Å². The van der Waals surface area contributed by atoms with Gasteiger partial charge in [-0.05, 0) is 43.0 Å². The summed E-state index contributed by atoms with van der Waals surface area (Å²) in [5, 5.41) is 25.0. The number of aromatic nitrogens is 1. The summed E-state index contributed by atoms with van der Waals surface area (Å²) in [7, 11) is 0. The summed E-state index contributed by atoms with van der Waals surface area (Å²) in [4.78, 5) is 0. The normalized spacial score (nSPS) is 13.4. The Hall–Kier alpha value is -2.92. The average molecular weight is 443 g/mol. The van der Waals surface area contributed by atoms with Gasteiger partial charge >= 0.3 is 0 Å². The third-order valence-electron chi connectivity index (χ3n) is 6.35. The number of aryl methyl sites for hydroxylation is 2. The first-order valence-corrected chi connectivity index (χ1v) is 11.8. The maximum Gasteiger partial charge on any atom is 0.0843 e. The Morgan fingerprint density at radius 3 is 2.15 bits per heavy atom. The number of benzene rings is 3. The first-order chi connectivity index (χ1) is 16.0. The molecule has 0 amide bonds. The van der Waals surface area contributed by atoms with Crippen LogP contribution in [-0.4, -0.2) is 40.1 Å². The van der Waals surface area contributed by atoms with Crippen molar-refractivity contribution in [2.24, 2.45) is 0 Å². The highest BCUT2D eigenvalue weighted by Crippen LogP contribution is 2.42. The summed E-state index contributed by atoms with van der Waals surface area (Å²) >= 11 is 0. The molecule has 3 aromatic carbocycles. The van der Waals surface area contributed by atoms with Crippen molar-refractivity contribution in [3.63, 3.8) is 0 Å². The van der Waals surface area contributed by atoms with Crippen LogP contribution >= 0.6 is 0 Å². The van der Waals surface area contributed by atoms with E-state index in [4.69, 9.17) is 0 Å². The van der Waals surface area contributed by atoms with Crippen molar-refractivity contribution in [1.82, 2.24) is 9.88 Å². The van der Waals surface area contributed by atoms with Crippen LogP contribution in [0.2, 0.25) is 0 Å². The number of hydrogen-bond donors (Lipinski definition) is 3. The molecule has 4 heteroatoms. The summed E-state index contributed by atoms with van der Waals surface area (Å²) in [6.07, 6.45) is 0.231. The summed E-state index contributed by atoms with van der Waals surface area (Å²) in [6.45, 7) is 7.29. The van der Waals surface area contributed by atoms with Gasteiger partial charge in [0.05, 0.1) is 30.5 Å². The first-order valence-electron chi connectivity index (χ1n) is 11.8. The largest absolute Gasteiger partial charge is 0.395 e. The molecule has 0 bridgehead atoms. The monoisotopic (exact) mass is 442 g/mol. The van der Waals surface area contributed by atoms with Crippen molar-refractivity contribution in [3.05, 3.63) is 83.9 Å². The summed E-state index contributed by atoms with van der Waals surface area (Å²) in [6, 6.07) is 25.4. The van der Waals surface area contributed by atoms with E-state index in [0.717, 1.165) is 23.2 Å². The topological polar surface area (TPSA) is 57.4 Å². The van der Waals surface area contributed by atoms with E-state index in [1.165, 1.54) is 27.6 Å². The van der Waals surface area contributed by atoms with Crippen molar-refractivity contribution < 1.29 is 10.2 Å². The number of fused-ring (bicyclic) bond motifs is 1. The smallest absolute Gasteiger partial charge is 0.0843 e. The molecule has 0 saturated carbocycles. The van der Waals surface area contributed by atoms with Gasteiger partial charge in [-0.25, -0.2) is 0 Å². The zero-order valence-electron chi connectivity index (χ0n) is 19.8. The van der Waals surface area contributed by atoms with Crippen LogP contribution in [-0.2, 0) is 6.54 Å². The van der Waals surface area contributed by atoms with Gasteiger partial charge in [0.25, 0.3) is 0 Å². The van der Waals surface area contributed by atoms with Crippen LogP contribution in [0.4, 0.5) is 0 Å². The van der Waals surface area contributed by atoms with E-state index < -0.39 is 6.10 Å². The fourth-order valence-electron chi connectivity index (χ4n) is 4.77. The Morgan fingerprint density at radius 2 is 1.55 bits per heavy atom. The van der Waals surface area contributed by atoms with Crippen LogP contribution in [0.15, 0.2) is 72.8 Å². The molecular formula is C29H34N2O2. The third kappa shape index (κ3) is 4.88.